The Kier molecular flexibility index (Phi) is 8.59. The van der Waals surface area contributed by atoms with E-state index in [1.54, 1.807) is 13.1 Å². The summed E-state index contributed by atoms with van der Waals surface area (Å²) in [5.74, 6) is -0.219. The van der Waals surface area contributed by atoms with Crippen LogP contribution in [-0.4, -0.2) is 52.3 Å². The molecule has 0 fully saturated rings. The van der Waals surface area contributed by atoms with E-state index in [1.165, 1.54) is 16.7 Å². The number of imidazole rings is 1. The fourth-order valence-corrected chi connectivity index (χ4v) is 3.28. The highest BCUT2D eigenvalue weighted by atomic mass is 32.2. The van der Waals surface area contributed by atoms with Crippen molar-refractivity contribution in [3.05, 3.63) is 64.1 Å². The van der Waals surface area contributed by atoms with Gasteiger partial charge in [-0.15, -0.1) is 0 Å². The van der Waals surface area contributed by atoms with Crippen molar-refractivity contribution in [2.45, 2.75) is 47.3 Å². The van der Waals surface area contributed by atoms with Gasteiger partial charge in [0.15, 0.2) is 5.65 Å². The van der Waals surface area contributed by atoms with Gasteiger partial charge in [-0.1, -0.05) is 18.2 Å². The summed E-state index contributed by atoms with van der Waals surface area (Å²) in [6.07, 6.45) is 1.92. The second-order valence-corrected chi connectivity index (χ2v) is 9.60. The maximum atomic E-state index is 12.6. The molecule has 0 bridgehead atoms. The van der Waals surface area contributed by atoms with E-state index in [0.717, 1.165) is 22.7 Å². The number of aliphatic hydroxyl groups is 1. The molecule has 4 N–H and O–H groups in total. The fourth-order valence-electron chi connectivity index (χ4n) is 3.28. The highest BCUT2D eigenvalue weighted by Gasteiger charge is 2.15. The predicted molar refractivity (Wildman–Crippen MR) is 129 cm³/mol. The molecule has 0 saturated carbocycles. The average molecular weight is 477 g/mol. The Balaban J connectivity index is 0.000000696. The number of carbonyl (C=O) groups is 1. The molecule has 1 amide bonds. The van der Waals surface area contributed by atoms with Crippen molar-refractivity contribution in [3.8, 4) is 0 Å². The number of amides is 1. The van der Waals surface area contributed by atoms with Crippen molar-refractivity contribution in [2.75, 3.05) is 18.1 Å². The van der Waals surface area contributed by atoms with Crippen LogP contribution in [0.5, 0.6) is 0 Å². The topological polar surface area (TPSA) is 133 Å². The second-order valence-electron chi connectivity index (χ2n) is 8.13. The lowest BCUT2D eigenvalue weighted by atomic mass is 10.0. The van der Waals surface area contributed by atoms with E-state index in [4.69, 9.17) is 4.55 Å². The van der Waals surface area contributed by atoms with Gasteiger partial charge in [0.25, 0.3) is 16.0 Å². The number of hydrogen-bond acceptors (Lipinski definition) is 6. The van der Waals surface area contributed by atoms with Crippen LogP contribution in [0.15, 0.2) is 30.5 Å². The zero-order chi connectivity index (χ0) is 24.9. The molecule has 1 aromatic carbocycles. The van der Waals surface area contributed by atoms with E-state index < -0.39 is 16.2 Å². The summed E-state index contributed by atoms with van der Waals surface area (Å²) >= 11 is 0. The third kappa shape index (κ3) is 7.55. The standard InChI is InChI=1S/C22H28N4O2.CH4O3S/c1-13-7-6-8-14(2)19(13)11-23-20-9-18(22(28)24-10-15(3)27)12-26-17(5)16(4)25-21(20)26;1-5(2,3)4/h6-9,12,15,23,27H,10-11H2,1-5H3,(H,24,28);1H3,(H,2,3,4)/t15-;/m0./s1. The molecule has 10 heteroatoms. The zero-order valence-electron chi connectivity index (χ0n) is 19.8. The Morgan fingerprint density at radius 1 is 1.18 bits per heavy atom. The number of aryl methyl sites for hydroxylation is 4. The Bertz CT molecular complexity index is 1220. The van der Waals surface area contributed by atoms with Crippen molar-refractivity contribution < 1.29 is 22.9 Å². The number of benzene rings is 1. The van der Waals surface area contributed by atoms with Crippen molar-refractivity contribution in [1.82, 2.24) is 14.7 Å². The van der Waals surface area contributed by atoms with Gasteiger partial charge in [-0.25, -0.2) is 4.98 Å². The SMILES string of the molecule is CS(=O)(=O)O.Cc1cccc(C)c1CNc1cc(C(=O)NC[C@H](C)O)cn2c(C)c(C)nc12. The molecule has 3 rings (SSSR count). The first-order chi connectivity index (χ1) is 15.3. The molecule has 180 valence electrons. The Labute approximate surface area is 194 Å². The molecule has 0 aliphatic rings. The minimum absolute atomic E-state index is 0.212. The number of pyridine rings is 1. The molecular weight excluding hydrogens is 444 g/mol. The Morgan fingerprint density at radius 3 is 2.30 bits per heavy atom. The molecule has 2 aromatic heterocycles. The molecule has 3 aromatic rings. The summed E-state index contributed by atoms with van der Waals surface area (Å²) in [6.45, 7) is 10.7. The highest BCUT2D eigenvalue weighted by Crippen LogP contribution is 2.24. The summed E-state index contributed by atoms with van der Waals surface area (Å²) in [5.41, 5.74) is 7.75. The van der Waals surface area contributed by atoms with Gasteiger partial charge >= 0.3 is 0 Å². The van der Waals surface area contributed by atoms with Crippen LogP contribution in [0.2, 0.25) is 0 Å². The first-order valence-electron chi connectivity index (χ1n) is 10.4. The number of anilines is 1. The van der Waals surface area contributed by atoms with Crippen molar-refractivity contribution >= 4 is 27.4 Å². The van der Waals surface area contributed by atoms with Gasteiger partial charge in [0.1, 0.15) is 0 Å². The summed E-state index contributed by atoms with van der Waals surface area (Å²) in [5, 5.41) is 15.7. The summed E-state index contributed by atoms with van der Waals surface area (Å²) in [4.78, 5) is 17.2. The number of aliphatic hydroxyl groups excluding tert-OH is 1. The third-order valence-corrected chi connectivity index (χ3v) is 5.12. The lowest BCUT2D eigenvalue weighted by Gasteiger charge is -2.14. The molecule has 33 heavy (non-hydrogen) atoms. The van der Waals surface area contributed by atoms with E-state index in [-0.39, 0.29) is 12.5 Å². The summed E-state index contributed by atoms with van der Waals surface area (Å²) in [7, 11) is -3.67. The largest absolute Gasteiger partial charge is 0.392 e. The molecular formula is C23H32N4O5S. The third-order valence-electron chi connectivity index (χ3n) is 5.12. The monoisotopic (exact) mass is 476 g/mol. The van der Waals surface area contributed by atoms with Crippen LogP contribution in [0.3, 0.4) is 0 Å². The second kappa shape index (κ2) is 10.8. The number of fused-ring (bicyclic) bond motifs is 1. The summed E-state index contributed by atoms with van der Waals surface area (Å²) < 4.78 is 27.8. The normalized spacial score (nSPS) is 12.1. The Morgan fingerprint density at radius 2 is 1.76 bits per heavy atom. The van der Waals surface area contributed by atoms with Gasteiger partial charge in [0.2, 0.25) is 0 Å². The molecule has 0 radical (unpaired) electrons. The number of carbonyl (C=O) groups excluding carboxylic acids is 1. The van der Waals surface area contributed by atoms with Gasteiger partial charge in [-0.2, -0.15) is 8.42 Å². The maximum Gasteiger partial charge on any atom is 0.261 e. The minimum Gasteiger partial charge on any atom is -0.392 e. The summed E-state index contributed by atoms with van der Waals surface area (Å²) in [6, 6.07) is 8.08. The van der Waals surface area contributed by atoms with Crippen molar-refractivity contribution in [2.24, 2.45) is 0 Å². The molecule has 2 heterocycles. The van der Waals surface area contributed by atoms with Crippen molar-refractivity contribution in [1.29, 1.82) is 0 Å². The van der Waals surface area contributed by atoms with Gasteiger partial charge in [0.05, 0.1) is 29.3 Å². The number of nitrogens with zero attached hydrogens (tertiary/aromatic N) is 2. The molecule has 1 atom stereocenters. The van der Waals surface area contributed by atoms with Crippen LogP contribution in [0.4, 0.5) is 5.69 Å². The van der Waals surface area contributed by atoms with Gasteiger partial charge in [-0.3, -0.25) is 9.35 Å². The molecule has 0 saturated heterocycles. The zero-order valence-corrected chi connectivity index (χ0v) is 20.6. The van der Waals surface area contributed by atoms with E-state index in [9.17, 15) is 18.3 Å². The van der Waals surface area contributed by atoms with Crippen LogP contribution in [0, 0.1) is 27.7 Å². The maximum absolute atomic E-state index is 12.6. The predicted octanol–water partition coefficient (Wildman–Crippen LogP) is 2.79. The van der Waals surface area contributed by atoms with Crippen molar-refractivity contribution in [3.63, 3.8) is 0 Å². The Hall–Kier alpha value is -2.95. The van der Waals surface area contributed by atoms with Crippen LogP contribution in [0.1, 0.15) is 45.4 Å². The lowest BCUT2D eigenvalue weighted by molar-refractivity contribution is 0.0923. The van der Waals surface area contributed by atoms with E-state index in [1.807, 2.05) is 24.3 Å². The van der Waals surface area contributed by atoms with E-state index >= 15 is 0 Å². The van der Waals surface area contributed by atoms with E-state index in [0.29, 0.717) is 18.4 Å². The van der Waals surface area contributed by atoms with Gasteiger partial charge in [-0.05, 0) is 57.4 Å². The molecule has 9 nitrogen and oxygen atoms in total. The molecule has 0 aliphatic heterocycles. The first kappa shape index (κ1) is 26.3. The number of hydrogen-bond donors (Lipinski definition) is 4. The quantitative estimate of drug-likeness (QED) is 0.402. The minimum atomic E-state index is -3.67. The smallest absolute Gasteiger partial charge is 0.261 e. The molecule has 0 unspecified atom stereocenters. The van der Waals surface area contributed by atoms with Crippen LogP contribution >= 0.6 is 0 Å². The van der Waals surface area contributed by atoms with Crippen LogP contribution in [0.25, 0.3) is 5.65 Å². The van der Waals surface area contributed by atoms with E-state index in [2.05, 4.69) is 47.7 Å². The van der Waals surface area contributed by atoms with Gasteiger partial charge in [0, 0.05) is 25.0 Å². The molecule has 0 aliphatic carbocycles. The molecule has 0 spiro atoms. The lowest BCUT2D eigenvalue weighted by Crippen LogP contribution is -2.30. The first-order valence-corrected chi connectivity index (χ1v) is 12.3. The highest BCUT2D eigenvalue weighted by molar-refractivity contribution is 7.85. The number of rotatable bonds is 6. The number of aromatic nitrogens is 2. The average Bonchev–Trinajstić information content (AvgIpc) is 2.98. The van der Waals surface area contributed by atoms with Crippen LogP contribution in [-0.2, 0) is 16.7 Å². The van der Waals surface area contributed by atoms with Crippen LogP contribution < -0.4 is 10.6 Å². The fraction of sp³-hybridized carbons (Fsp3) is 0.391. The van der Waals surface area contributed by atoms with Gasteiger partial charge < -0.3 is 20.1 Å². The number of nitrogens with one attached hydrogen (secondary N) is 2.